The van der Waals surface area contributed by atoms with Gasteiger partial charge in [0.05, 0.1) is 18.2 Å². The molecule has 1 amide bonds. The topological polar surface area (TPSA) is 79.7 Å². The van der Waals surface area contributed by atoms with Crippen LogP contribution >= 0.6 is 0 Å². The number of aromatic nitrogens is 1. The molecular weight excluding hydrogens is 447 g/mol. The molecule has 1 atom stereocenters. The van der Waals surface area contributed by atoms with Gasteiger partial charge in [0, 0.05) is 24.5 Å². The number of pyridine rings is 1. The number of aryl methyl sites for hydroxylation is 1. The quantitative estimate of drug-likeness (QED) is 0.207. The lowest BCUT2D eigenvalue weighted by Gasteiger charge is -2.25. The number of rotatable bonds is 8. The average Bonchev–Trinajstić information content (AvgIpc) is 3.10. The van der Waals surface area contributed by atoms with Gasteiger partial charge in [-0.2, -0.15) is 0 Å². The molecule has 35 heavy (non-hydrogen) atoms. The largest absolute Gasteiger partial charge is 0.507 e. The maximum atomic E-state index is 13.7. The van der Waals surface area contributed by atoms with E-state index in [2.05, 4.69) is 11.9 Å². The minimum Gasteiger partial charge on any atom is -0.507 e. The summed E-state index contributed by atoms with van der Waals surface area (Å²) in [6, 6.07) is 13.4. The van der Waals surface area contributed by atoms with Crippen molar-refractivity contribution in [1.29, 1.82) is 0 Å². The van der Waals surface area contributed by atoms with Crippen LogP contribution in [0.1, 0.15) is 48.1 Å². The van der Waals surface area contributed by atoms with Gasteiger partial charge in [-0.25, -0.2) is 4.39 Å². The third-order valence-corrected chi connectivity index (χ3v) is 6.01. The zero-order chi connectivity index (χ0) is 24.9. The van der Waals surface area contributed by atoms with Gasteiger partial charge in [0.2, 0.25) is 0 Å². The maximum absolute atomic E-state index is 13.7. The maximum Gasteiger partial charge on any atom is 0.295 e. The second kappa shape index (κ2) is 10.5. The molecule has 7 heteroatoms. The lowest BCUT2D eigenvalue weighted by Crippen LogP contribution is -2.29. The highest BCUT2D eigenvalue weighted by molar-refractivity contribution is 6.46. The summed E-state index contributed by atoms with van der Waals surface area (Å²) in [7, 11) is 0. The first-order valence-electron chi connectivity index (χ1n) is 11.6. The highest BCUT2D eigenvalue weighted by Gasteiger charge is 2.46. The third-order valence-electron chi connectivity index (χ3n) is 6.01. The summed E-state index contributed by atoms with van der Waals surface area (Å²) >= 11 is 0. The highest BCUT2D eigenvalue weighted by Crippen LogP contribution is 2.40. The Hall–Kier alpha value is -4.00. The number of Topliss-reactive ketones (excluding diaryl/α,β-unsaturated/α-hetero) is 1. The van der Waals surface area contributed by atoms with Crippen LogP contribution in [0.3, 0.4) is 0 Å². The van der Waals surface area contributed by atoms with E-state index in [1.165, 1.54) is 29.2 Å². The summed E-state index contributed by atoms with van der Waals surface area (Å²) in [6.07, 6.45) is 5.18. The van der Waals surface area contributed by atoms with Crippen LogP contribution in [0.15, 0.2) is 72.6 Å². The molecule has 3 aromatic rings. The van der Waals surface area contributed by atoms with Gasteiger partial charge in [-0.1, -0.05) is 31.5 Å². The number of benzene rings is 2. The molecule has 0 unspecified atom stereocenters. The predicted octanol–water partition coefficient (Wildman–Crippen LogP) is 5.33. The first kappa shape index (κ1) is 24.1. The number of hydrogen-bond donors (Lipinski definition) is 1. The Balaban J connectivity index is 1.77. The van der Waals surface area contributed by atoms with Crippen molar-refractivity contribution in [1.82, 2.24) is 9.88 Å². The predicted molar refractivity (Wildman–Crippen MR) is 130 cm³/mol. The zero-order valence-corrected chi connectivity index (χ0v) is 19.7. The molecule has 1 N–H and O–H groups in total. The molecule has 0 saturated carbocycles. The number of likely N-dealkylation sites (tertiary alicyclic amines) is 1. The first-order valence-corrected chi connectivity index (χ1v) is 11.6. The second-order valence-corrected chi connectivity index (χ2v) is 8.52. The number of amides is 1. The smallest absolute Gasteiger partial charge is 0.295 e. The van der Waals surface area contributed by atoms with Crippen LogP contribution in [-0.2, 0) is 16.1 Å². The summed E-state index contributed by atoms with van der Waals surface area (Å²) in [5.74, 6) is -1.55. The van der Waals surface area contributed by atoms with Crippen molar-refractivity contribution < 1.29 is 23.8 Å². The van der Waals surface area contributed by atoms with E-state index < -0.39 is 23.5 Å². The average molecular weight is 475 g/mol. The number of aliphatic hydroxyl groups is 1. The number of carbonyl (C=O) groups is 2. The zero-order valence-electron chi connectivity index (χ0n) is 19.7. The molecule has 0 aliphatic carbocycles. The third kappa shape index (κ3) is 5.09. The van der Waals surface area contributed by atoms with Gasteiger partial charge in [0.25, 0.3) is 11.7 Å². The molecule has 4 rings (SSSR count). The summed E-state index contributed by atoms with van der Waals surface area (Å²) in [5, 5.41) is 11.3. The van der Waals surface area contributed by atoms with E-state index in [9.17, 15) is 19.1 Å². The van der Waals surface area contributed by atoms with E-state index in [-0.39, 0.29) is 17.9 Å². The van der Waals surface area contributed by atoms with Crippen molar-refractivity contribution in [2.24, 2.45) is 0 Å². The Morgan fingerprint density at radius 2 is 1.91 bits per heavy atom. The number of aliphatic hydroxyl groups excluding tert-OH is 1. The summed E-state index contributed by atoms with van der Waals surface area (Å²) < 4.78 is 19.4. The van der Waals surface area contributed by atoms with Crippen molar-refractivity contribution >= 4 is 17.4 Å². The molecule has 180 valence electrons. The Kier molecular flexibility index (Phi) is 7.25. The standard InChI is InChI=1S/C28H27FN2O4/c1-3-4-14-35-23-12-9-21(15-18(23)2)26(32)24-25(20-7-10-22(29)11-8-20)31(28(34)27(24)33)17-19-6-5-13-30-16-19/h5-13,15-16,25,32H,3-4,14,17H2,1-2H3/b26-24+/t25-/m0/s1. The summed E-state index contributed by atoms with van der Waals surface area (Å²) in [4.78, 5) is 31.7. The highest BCUT2D eigenvalue weighted by atomic mass is 19.1. The molecule has 2 heterocycles. The van der Waals surface area contributed by atoms with Crippen LogP contribution < -0.4 is 4.74 Å². The molecule has 1 fully saturated rings. The molecule has 1 aromatic heterocycles. The van der Waals surface area contributed by atoms with Gasteiger partial charge in [0.1, 0.15) is 17.3 Å². The van der Waals surface area contributed by atoms with E-state index in [0.717, 1.165) is 24.0 Å². The Morgan fingerprint density at radius 3 is 2.57 bits per heavy atom. The molecule has 2 aromatic carbocycles. The lowest BCUT2D eigenvalue weighted by atomic mass is 9.94. The fourth-order valence-electron chi connectivity index (χ4n) is 4.16. The molecule has 1 aliphatic rings. The number of halogens is 1. The molecule has 1 aliphatic heterocycles. The Labute approximate surface area is 203 Å². The lowest BCUT2D eigenvalue weighted by molar-refractivity contribution is -0.140. The van der Waals surface area contributed by atoms with Gasteiger partial charge >= 0.3 is 0 Å². The van der Waals surface area contributed by atoms with Gasteiger partial charge in [-0.3, -0.25) is 14.6 Å². The van der Waals surface area contributed by atoms with Crippen LogP contribution in [0.25, 0.3) is 5.76 Å². The molecule has 0 radical (unpaired) electrons. The molecule has 1 saturated heterocycles. The number of carbonyl (C=O) groups excluding carboxylic acids is 2. The normalized spacial score (nSPS) is 17.1. The first-order chi connectivity index (χ1) is 16.9. The minimum absolute atomic E-state index is 0.0375. The van der Waals surface area contributed by atoms with E-state index in [1.807, 2.05) is 6.92 Å². The minimum atomic E-state index is -0.878. The van der Waals surface area contributed by atoms with Crippen molar-refractivity contribution in [3.63, 3.8) is 0 Å². The van der Waals surface area contributed by atoms with Crippen LogP contribution in [-0.4, -0.2) is 33.3 Å². The summed E-state index contributed by atoms with van der Waals surface area (Å²) in [5.41, 5.74) is 2.41. The number of hydrogen-bond acceptors (Lipinski definition) is 5. The van der Waals surface area contributed by atoms with E-state index in [4.69, 9.17) is 4.74 Å². The molecular formula is C28H27FN2O4. The van der Waals surface area contributed by atoms with Crippen LogP contribution in [0.5, 0.6) is 5.75 Å². The Morgan fingerprint density at radius 1 is 1.14 bits per heavy atom. The fraction of sp³-hybridized carbons (Fsp3) is 0.250. The number of unbranched alkanes of at least 4 members (excludes halogenated alkanes) is 1. The number of nitrogens with zero attached hydrogens (tertiary/aromatic N) is 2. The molecule has 0 bridgehead atoms. The van der Waals surface area contributed by atoms with Gasteiger partial charge in [0.15, 0.2) is 0 Å². The fourth-order valence-corrected chi connectivity index (χ4v) is 4.16. The van der Waals surface area contributed by atoms with Crippen molar-refractivity contribution in [2.75, 3.05) is 6.61 Å². The van der Waals surface area contributed by atoms with Crippen molar-refractivity contribution in [3.05, 3.63) is 101 Å². The van der Waals surface area contributed by atoms with Gasteiger partial charge in [-0.05, 0) is 66.4 Å². The van der Waals surface area contributed by atoms with Crippen molar-refractivity contribution in [3.8, 4) is 5.75 Å². The van der Waals surface area contributed by atoms with Crippen molar-refractivity contribution in [2.45, 2.75) is 39.3 Å². The second-order valence-electron chi connectivity index (χ2n) is 8.52. The van der Waals surface area contributed by atoms with E-state index in [1.54, 1.807) is 42.7 Å². The van der Waals surface area contributed by atoms with Crippen LogP contribution in [0, 0.1) is 12.7 Å². The van der Waals surface area contributed by atoms with Crippen LogP contribution in [0.4, 0.5) is 4.39 Å². The van der Waals surface area contributed by atoms with Crippen LogP contribution in [0.2, 0.25) is 0 Å². The van der Waals surface area contributed by atoms with E-state index in [0.29, 0.717) is 23.5 Å². The SMILES string of the molecule is CCCCOc1ccc(/C(O)=C2\C(=O)C(=O)N(Cc3cccnc3)[C@H]2c2ccc(F)cc2)cc1C. The van der Waals surface area contributed by atoms with E-state index >= 15 is 0 Å². The Bertz CT molecular complexity index is 1260. The monoisotopic (exact) mass is 474 g/mol. The molecule has 6 nitrogen and oxygen atoms in total. The van der Waals surface area contributed by atoms with Gasteiger partial charge < -0.3 is 14.7 Å². The molecule has 0 spiro atoms. The number of ketones is 1. The summed E-state index contributed by atoms with van der Waals surface area (Å²) in [6.45, 7) is 4.64. The van der Waals surface area contributed by atoms with Gasteiger partial charge in [-0.15, -0.1) is 0 Å². The number of ether oxygens (including phenoxy) is 1.